The molecule has 8 heteroatoms. The summed E-state index contributed by atoms with van der Waals surface area (Å²) in [6.45, 7) is 3.81. The van der Waals surface area contributed by atoms with Crippen molar-refractivity contribution in [3.8, 4) is 5.75 Å². The minimum atomic E-state index is -3.71. The molecule has 0 aliphatic carbocycles. The molecule has 7 nitrogen and oxygen atoms in total. The minimum absolute atomic E-state index is 0.0730. The van der Waals surface area contributed by atoms with E-state index in [1.165, 1.54) is 18.3 Å². The van der Waals surface area contributed by atoms with Gasteiger partial charge in [-0.1, -0.05) is 18.2 Å². The molecule has 1 heterocycles. The summed E-state index contributed by atoms with van der Waals surface area (Å²) < 4.78 is 32.8. The average molecular weight is 431 g/mol. The van der Waals surface area contributed by atoms with Crippen LogP contribution in [0.5, 0.6) is 5.75 Å². The predicted octanol–water partition coefficient (Wildman–Crippen LogP) is 3.25. The van der Waals surface area contributed by atoms with Crippen molar-refractivity contribution in [2.75, 3.05) is 25.5 Å². The molecule has 0 saturated carbocycles. The molecule has 1 aliphatic heterocycles. The summed E-state index contributed by atoms with van der Waals surface area (Å²) in [6.07, 6.45) is 0.844. The number of ketones is 1. The molecule has 2 aromatic carbocycles. The molecule has 0 radical (unpaired) electrons. The van der Waals surface area contributed by atoms with Crippen LogP contribution in [0.2, 0.25) is 0 Å². The lowest BCUT2D eigenvalue weighted by Crippen LogP contribution is -2.41. The van der Waals surface area contributed by atoms with Crippen LogP contribution in [-0.4, -0.2) is 44.6 Å². The van der Waals surface area contributed by atoms with Gasteiger partial charge in [0.15, 0.2) is 5.78 Å². The van der Waals surface area contributed by atoms with Crippen molar-refractivity contribution in [3.63, 3.8) is 0 Å². The number of hydrogen-bond acceptors (Lipinski definition) is 5. The largest absolute Gasteiger partial charge is 0.495 e. The number of nitrogens with one attached hydrogen (secondary N) is 1. The zero-order valence-electron chi connectivity index (χ0n) is 17.3. The molecule has 1 fully saturated rings. The molecule has 1 amide bonds. The maximum Gasteiger partial charge on any atom is 0.246 e. The fourth-order valence-electron chi connectivity index (χ4n) is 3.54. The average Bonchev–Trinajstić information content (AvgIpc) is 2.74. The molecular formula is C22H26N2O5S. The lowest BCUT2D eigenvalue weighted by Gasteiger charge is -2.31. The van der Waals surface area contributed by atoms with Gasteiger partial charge < -0.3 is 10.1 Å². The van der Waals surface area contributed by atoms with E-state index in [-0.39, 0.29) is 35.6 Å². The van der Waals surface area contributed by atoms with Crippen LogP contribution in [-0.2, 0) is 14.8 Å². The van der Waals surface area contributed by atoms with Gasteiger partial charge in [0.2, 0.25) is 15.9 Å². The molecule has 0 atom stereocenters. The van der Waals surface area contributed by atoms with E-state index in [9.17, 15) is 18.0 Å². The Morgan fingerprint density at radius 2 is 1.80 bits per heavy atom. The van der Waals surface area contributed by atoms with Crippen LogP contribution in [0.15, 0.2) is 47.4 Å². The van der Waals surface area contributed by atoms with E-state index < -0.39 is 10.0 Å². The third-order valence-electron chi connectivity index (χ3n) is 5.30. The van der Waals surface area contributed by atoms with Gasteiger partial charge in [0.05, 0.1) is 7.11 Å². The van der Waals surface area contributed by atoms with Gasteiger partial charge in [-0.25, -0.2) is 8.42 Å². The number of ether oxygens (including phenoxy) is 1. The Balaban J connectivity index is 1.67. The van der Waals surface area contributed by atoms with Gasteiger partial charge >= 0.3 is 0 Å². The Hall–Kier alpha value is -2.71. The molecule has 2 aromatic rings. The molecule has 30 heavy (non-hydrogen) atoms. The highest BCUT2D eigenvalue weighted by molar-refractivity contribution is 7.89. The fourth-order valence-corrected chi connectivity index (χ4v) is 5.25. The molecule has 3 rings (SSSR count). The Kier molecular flexibility index (Phi) is 6.58. The van der Waals surface area contributed by atoms with Crippen LogP contribution in [0.4, 0.5) is 5.69 Å². The summed E-state index contributed by atoms with van der Waals surface area (Å²) >= 11 is 0. The zero-order chi connectivity index (χ0) is 21.9. The summed E-state index contributed by atoms with van der Waals surface area (Å²) in [6, 6.07) is 11.8. The van der Waals surface area contributed by atoms with Gasteiger partial charge in [-0.05, 0) is 56.5 Å². The van der Waals surface area contributed by atoms with Gasteiger partial charge in [-0.2, -0.15) is 4.31 Å². The highest BCUT2D eigenvalue weighted by atomic mass is 32.2. The van der Waals surface area contributed by atoms with Crippen LogP contribution in [0.25, 0.3) is 0 Å². The topological polar surface area (TPSA) is 92.8 Å². The number of piperidine rings is 1. The van der Waals surface area contributed by atoms with Crippen molar-refractivity contribution < 1.29 is 22.7 Å². The second kappa shape index (κ2) is 8.97. The number of methoxy groups -OCH3 is 1. The molecule has 1 saturated heterocycles. The third-order valence-corrected chi connectivity index (χ3v) is 7.22. The summed E-state index contributed by atoms with van der Waals surface area (Å²) in [5.41, 5.74) is 1.92. The first-order chi connectivity index (χ1) is 14.2. The van der Waals surface area contributed by atoms with E-state index in [1.54, 1.807) is 42.5 Å². The summed E-state index contributed by atoms with van der Waals surface area (Å²) in [7, 11) is -2.27. The van der Waals surface area contributed by atoms with Gasteiger partial charge in [0.1, 0.15) is 10.6 Å². The van der Waals surface area contributed by atoms with Crippen molar-refractivity contribution in [1.82, 2.24) is 4.31 Å². The first-order valence-electron chi connectivity index (χ1n) is 9.79. The molecule has 0 bridgehead atoms. The van der Waals surface area contributed by atoms with E-state index in [0.29, 0.717) is 29.8 Å². The van der Waals surface area contributed by atoms with Gasteiger partial charge in [-0.3, -0.25) is 9.59 Å². The number of amides is 1. The van der Waals surface area contributed by atoms with Gasteiger partial charge in [-0.15, -0.1) is 0 Å². The van der Waals surface area contributed by atoms with Crippen LogP contribution < -0.4 is 10.1 Å². The SMILES string of the molecule is COc1ccc(C)cc1S(=O)(=O)N1CCC(C(=O)Nc2cccc(C(C)=O)c2)CC1. The van der Waals surface area contributed by atoms with Crippen LogP contribution in [0.1, 0.15) is 35.7 Å². The number of benzene rings is 2. The molecular weight excluding hydrogens is 404 g/mol. The first-order valence-corrected chi connectivity index (χ1v) is 11.2. The Morgan fingerprint density at radius 3 is 2.43 bits per heavy atom. The maximum atomic E-state index is 13.1. The standard InChI is InChI=1S/C22H26N2O5S/c1-15-7-8-20(29-3)21(13-15)30(27,28)24-11-9-17(10-12-24)22(26)23-19-6-4-5-18(14-19)16(2)25/h4-8,13-14,17H,9-12H2,1-3H3,(H,23,26). The third kappa shape index (κ3) is 4.71. The van der Waals surface area contributed by atoms with Crippen LogP contribution in [0.3, 0.4) is 0 Å². The van der Waals surface area contributed by atoms with Crippen molar-refractivity contribution in [2.45, 2.75) is 31.6 Å². The second-order valence-corrected chi connectivity index (χ2v) is 9.37. The summed E-state index contributed by atoms with van der Waals surface area (Å²) in [5, 5.41) is 2.84. The van der Waals surface area contributed by atoms with E-state index >= 15 is 0 Å². The molecule has 1 N–H and O–H groups in total. The molecule has 0 spiro atoms. The number of carbonyl (C=O) groups is 2. The summed E-state index contributed by atoms with van der Waals surface area (Å²) in [5.74, 6) is -0.222. The van der Waals surface area contributed by atoms with E-state index in [2.05, 4.69) is 5.32 Å². The lowest BCUT2D eigenvalue weighted by molar-refractivity contribution is -0.120. The molecule has 0 unspecified atom stereocenters. The number of carbonyl (C=O) groups excluding carboxylic acids is 2. The number of aryl methyl sites for hydroxylation is 1. The first kappa shape index (κ1) is 22.0. The normalized spacial score (nSPS) is 15.6. The van der Waals surface area contributed by atoms with Crippen LogP contribution in [0, 0.1) is 12.8 Å². The highest BCUT2D eigenvalue weighted by Gasteiger charge is 2.33. The van der Waals surface area contributed by atoms with Crippen molar-refractivity contribution >= 4 is 27.4 Å². The number of hydrogen-bond donors (Lipinski definition) is 1. The number of nitrogens with zero attached hydrogens (tertiary/aromatic N) is 1. The van der Waals surface area contributed by atoms with Crippen molar-refractivity contribution in [3.05, 3.63) is 53.6 Å². The lowest BCUT2D eigenvalue weighted by atomic mass is 9.97. The molecule has 1 aliphatic rings. The maximum absolute atomic E-state index is 13.1. The van der Waals surface area contributed by atoms with Crippen LogP contribution >= 0.6 is 0 Å². The molecule has 0 aromatic heterocycles. The van der Waals surface area contributed by atoms with Crippen molar-refractivity contribution in [1.29, 1.82) is 0 Å². The Labute approximate surface area is 177 Å². The van der Waals surface area contributed by atoms with Gasteiger partial charge in [0.25, 0.3) is 0 Å². The number of sulfonamides is 1. The smallest absolute Gasteiger partial charge is 0.246 e. The minimum Gasteiger partial charge on any atom is -0.495 e. The highest BCUT2D eigenvalue weighted by Crippen LogP contribution is 2.30. The summed E-state index contributed by atoms with van der Waals surface area (Å²) in [4.78, 5) is 24.3. The van der Waals surface area contributed by atoms with E-state index in [4.69, 9.17) is 4.74 Å². The monoisotopic (exact) mass is 430 g/mol. The molecule has 160 valence electrons. The zero-order valence-corrected chi connectivity index (χ0v) is 18.2. The predicted molar refractivity (Wildman–Crippen MR) is 114 cm³/mol. The van der Waals surface area contributed by atoms with Crippen molar-refractivity contribution in [2.24, 2.45) is 5.92 Å². The number of anilines is 1. The Bertz CT molecular complexity index is 1060. The van der Waals surface area contributed by atoms with E-state index in [1.807, 2.05) is 6.92 Å². The Morgan fingerprint density at radius 1 is 1.10 bits per heavy atom. The quantitative estimate of drug-likeness (QED) is 0.710. The van der Waals surface area contributed by atoms with E-state index in [0.717, 1.165) is 5.56 Å². The van der Waals surface area contributed by atoms with Gasteiger partial charge in [0, 0.05) is 30.3 Å². The number of rotatable bonds is 6. The fraction of sp³-hybridized carbons (Fsp3) is 0.364. The number of Topliss-reactive ketones (excluding diaryl/α,β-unsaturated/α-hetero) is 1. The second-order valence-electron chi connectivity index (χ2n) is 7.46.